The number of methoxy groups -OCH3 is 1. The number of aromatic nitrogens is 4. The van der Waals surface area contributed by atoms with Crippen LogP contribution in [-0.2, 0) is 11.3 Å². The summed E-state index contributed by atoms with van der Waals surface area (Å²) in [6, 6.07) is 9.46. The summed E-state index contributed by atoms with van der Waals surface area (Å²) in [5.41, 5.74) is 2.34. The number of rotatable bonds is 2. The van der Waals surface area contributed by atoms with Crippen molar-refractivity contribution in [1.29, 1.82) is 0 Å². The van der Waals surface area contributed by atoms with Crippen LogP contribution in [0.15, 0.2) is 36.5 Å². The lowest BCUT2D eigenvalue weighted by atomic mass is 9.98. The van der Waals surface area contributed by atoms with Crippen LogP contribution in [0, 0.1) is 0 Å². The maximum absolute atomic E-state index is 13.3. The van der Waals surface area contributed by atoms with E-state index in [1.165, 1.54) is 0 Å². The van der Waals surface area contributed by atoms with Gasteiger partial charge in [-0.15, -0.1) is 5.10 Å². The van der Waals surface area contributed by atoms with Crippen LogP contribution in [0.1, 0.15) is 28.5 Å². The van der Waals surface area contributed by atoms with E-state index in [0.29, 0.717) is 31.1 Å². The van der Waals surface area contributed by atoms with Crippen LogP contribution in [0.5, 0.6) is 5.88 Å². The monoisotopic (exact) mass is 365 g/mol. The van der Waals surface area contributed by atoms with Crippen molar-refractivity contribution in [1.82, 2.24) is 24.9 Å². The summed E-state index contributed by atoms with van der Waals surface area (Å²) in [6.07, 6.45) is 2.45. The van der Waals surface area contributed by atoms with Crippen molar-refractivity contribution in [3.05, 3.63) is 47.8 Å². The summed E-state index contributed by atoms with van der Waals surface area (Å²) in [5, 5.41) is 9.00. The van der Waals surface area contributed by atoms with Crippen LogP contribution in [0.3, 0.4) is 0 Å². The highest BCUT2D eigenvalue weighted by Gasteiger charge is 2.38. The maximum Gasteiger partial charge on any atom is 0.254 e. The Kier molecular flexibility index (Phi) is 3.78. The maximum atomic E-state index is 13.3. The first-order chi connectivity index (χ1) is 13.2. The molecule has 4 heterocycles. The first kappa shape index (κ1) is 16.2. The number of benzene rings is 1. The molecule has 0 saturated carbocycles. The molecule has 3 aromatic rings. The minimum Gasteiger partial charge on any atom is -0.481 e. The van der Waals surface area contributed by atoms with Crippen LogP contribution >= 0.6 is 0 Å². The molecule has 0 bridgehead atoms. The highest BCUT2D eigenvalue weighted by atomic mass is 16.5. The fraction of sp³-hybridized carbons (Fsp3) is 0.368. The summed E-state index contributed by atoms with van der Waals surface area (Å²) in [4.78, 5) is 19.6. The normalized spacial score (nSPS) is 21.6. The van der Waals surface area contributed by atoms with E-state index in [-0.39, 0.29) is 18.1 Å². The molecule has 0 unspecified atom stereocenters. The number of carbonyl (C=O) groups excluding carboxylic acids is 1. The van der Waals surface area contributed by atoms with Gasteiger partial charge in [0.15, 0.2) is 0 Å². The van der Waals surface area contributed by atoms with Crippen molar-refractivity contribution >= 4 is 16.8 Å². The van der Waals surface area contributed by atoms with Crippen LogP contribution in [0.2, 0.25) is 0 Å². The molecule has 138 valence electrons. The number of nitrogens with zero attached hydrogens (tertiary/aromatic N) is 5. The van der Waals surface area contributed by atoms with Gasteiger partial charge in [0.25, 0.3) is 5.91 Å². The van der Waals surface area contributed by atoms with Crippen molar-refractivity contribution in [2.24, 2.45) is 0 Å². The van der Waals surface area contributed by atoms with Gasteiger partial charge >= 0.3 is 0 Å². The molecule has 0 spiro atoms. The lowest BCUT2D eigenvalue weighted by Crippen LogP contribution is -2.50. The van der Waals surface area contributed by atoms with Crippen LogP contribution in [0.25, 0.3) is 10.9 Å². The molecule has 0 N–H and O–H groups in total. The van der Waals surface area contributed by atoms with E-state index in [2.05, 4.69) is 15.3 Å². The van der Waals surface area contributed by atoms with Gasteiger partial charge < -0.3 is 14.4 Å². The van der Waals surface area contributed by atoms with Gasteiger partial charge in [-0.1, -0.05) is 23.4 Å². The zero-order valence-electron chi connectivity index (χ0n) is 14.9. The number of carbonyl (C=O) groups is 1. The Bertz CT molecular complexity index is 1020. The third kappa shape index (κ3) is 2.64. The zero-order valence-corrected chi connectivity index (χ0v) is 14.9. The van der Waals surface area contributed by atoms with Gasteiger partial charge in [0.2, 0.25) is 5.88 Å². The lowest BCUT2D eigenvalue weighted by Gasteiger charge is -2.41. The fourth-order valence-corrected chi connectivity index (χ4v) is 3.97. The summed E-state index contributed by atoms with van der Waals surface area (Å²) < 4.78 is 13.2. The van der Waals surface area contributed by atoms with Gasteiger partial charge in [0.05, 0.1) is 48.8 Å². The van der Waals surface area contributed by atoms with Gasteiger partial charge in [0.1, 0.15) is 0 Å². The molecule has 1 saturated heterocycles. The molecule has 1 amide bonds. The Balaban J connectivity index is 1.45. The summed E-state index contributed by atoms with van der Waals surface area (Å²) in [6.45, 7) is 1.64. The molecule has 0 aliphatic carbocycles. The van der Waals surface area contributed by atoms with Crippen molar-refractivity contribution < 1.29 is 14.3 Å². The van der Waals surface area contributed by atoms with E-state index >= 15 is 0 Å². The summed E-state index contributed by atoms with van der Waals surface area (Å²) in [5.74, 6) is 0.409. The number of para-hydroxylation sites is 1. The third-order valence-electron chi connectivity index (χ3n) is 5.35. The molecule has 1 fully saturated rings. The van der Waals surface area contributed by atoms with E-state index in [1.807, 2.05) is 33.8 Å². The van der Waals surface area contributed by atoms with Crippen molar-refractivity contribution in [3.8, 4) is 5.88 Å². The second-order valence-corrected chi connectivity index (χ2v) is 6.86. The minimum absolute atomic E-state index is 0.0293. The third-order valence-corrected chi connectivity index (χ3v) is 5.35. The first-order valence-corrected chi connectivity index (χ1v) is 8.98. The quantitative estimate of drug-likeness (QED) is 0.689. The zero-order chi connectivity index (χ0) is 18.4. The fourth-order valence-electron chi connectivity index (χ4n) is 3.97. The molecule has 2 aromatic heterocycles. The lowest BCUT2D eigenvalue weighted by molar-refractivity contribution is -0.0627. The second-order valence-electron chi connectivity index (χ2n) is 6.86. The van der Waals surface area contributed by atoms with E-state index in [1.54, 1.807) is 19.4 Å². The highest BCUT2D eigenvalue weighted by molar-refractivity contribution is 6.06. The Morgan fingerprint density at radius 3 is 3.11 bits per heavy atom. The first-order valence-electron chi connectivity index (χ1n) is 8.98. The molecular weight excluding hydrogens is 346 g/mol. The Hall–Kier alpha value is -3.00. The van der Waals surface area contributed by atoms with E-state index < -0.39 is 0 Å². The van der Waals surface area contributed by atoms with Crippen molar-refractivity contribution in [2.45, 2.75) is 25.2 Å². The summed E-state index contributed by atoms with van der Waals surface area (Å²) >= 11 is 0. The summed E-state index contributed by atoms with van der Waals surface area (Å²) in [7, 11) is 1.56. The number of piperidine rings is 1. The minimum atomic E-state index is -0.0769. The Morgan fingerprint density at radius 1 is 1.33 bits per heavy atom. The molecular formula is C19H19N5O3. The number of hydrogen-bond acceptors (Lipinski definition) is 6. The molecule has 2 aliphatic heterocycles. The molecule has 0 radical (unpaired) electrons. The number of ether oxygens (including phenoxy) is 2. The van der Waals surface area contributed by atoms with Crippen LogP contribution < -0.4 is 4.74 Å². The highest BCUT2D eigenvalue weighted by Crippen LogP contribution is 2.32. The molecule has 1 aromatic carbocycles. The van der Waals surface area contributed by atoms with Gasteiger partial charge in [0, 0.05) is 24.5 Å². The smallest absolute Gasteiger partial charge is 0.254 e. The van der Waals surface area contributed by atoms with Gasteiger partial charge in [-0.2, -0.15) is 0 Å². The predicted molar refractivity (Wildman–Crippen MR) is 96.5 cm³/mol. The number of hydrogen-bond donors (Lipinski definition) is 0. The number of fused-ring (bicyclic) bond motifs is 4. The number of pyridine rings is 1. The van der Waals surface area contributed by atoms with Crippen molar-refractivity contribution in [2.75, 3.05) is 20.2 Å². The van der Waals surface area contributed by atoms with Crippen molar-refractivity contribution in [3.63, 3.8) is 0 Å². The predicted octanol–water partition coefficient (Wildman–Crippen LogP) is 1.82. The second kappa shape index (κ2) is 6.31. The largest absolute Gasteiger partial charge is 0.481 e. The Labute approximate surface area is 155 Å². The standard InChI is InChI=1S/C19H19N5O3/c1-26-18-8-14(13-4-2-3-5-15(13)21-18)19(25)23-7-6-16-17(10-23)27-11-12-9-20-22-24(12)16/h2-5,8-9,16-17H,6-7,10-11H2,1H3/t16-,17-/m1/s1. The number of amides is 1. The van der Waals surface area contributed by atoms with E-state index in [4.69, 9.17) is 9.47 Å². The molecule has 27 heavy (non-hydrogen) atoms. The topological polar surface area (TPSA) is 82.4 Å². The van der Waals surface area contributed by atoms with Gasteiger partial charge in [-0.05, 0) is 12.5 Å². The number of likely N-dealkylation sites (tertiary alicyclic amines) is 1. The molecule has 2 aliphatic rings. The Morgan fingerprint density at radius 2 is 2.22 bits per heavy atom. The SMILES string of the molecule is COc1cc(C(=O)N2CC[C@@H]3[C@@H](C2)OCc2cnnn23)c2ccccc2n1. The van der Waals surface area contributed by atoms with Crippen LogP contribution in [0.4, 0.5) is 0 Å². The van der Waals surface area contributed by atoms with Gasteiger partial charge in [-0.25, -0.2) is 9.67 Å². The molecule has 8 nitrogen and oxygen atoms in total. The molecule has 5 rings (SSSR count). The average molecular weight is 365 g/mol. The molecule has 8 heteroatoms. The average Bonchev–Trinajstić information content (AvgIpc) is 3.21. The van der Waals surface area contributed by atoms with E-state index in [9.17, 15) is 4.79 Å². The van der Waals surface area contributed by atoms with E-state index in [0.717, 1.165) is 23.0 Å². The molecule has 2 atom stereocenters. The van der Waals surface area contributed by atoms with Crippen LogP contribution in [-0.4, -0.2) is 57.1 Å². The van der Waals surface area contributed by atoms with Gasteiger partial charge in [-0.3, -0.25) is 4.79 Å².